The van der Waals surface area contributed by atoms with Gasteiger partial charge in [0.25, 0.3) is 0 Å². The molecule has 0 atom stereocenters. The van der Waals surface area contributed by atoms with Gasteiger partial charge in [0.2, 0.25) is 0 Å². The van der Waals surface area contributed by atoms with Crippen LogP contribution in [-0.4, -0.2) is 43.2 Å². The van der Waals surface area contributed by atoms with Gasteiger partial charge >= 0.3 is 11.9 Å². The molecule has 0 unspecified atom stereocenters. The molecular formula is C18H28O4S4. The standard InChI is InChI=1S/C18H28O4S4/c19-15(20)3-1-5-23-25-17-8-13-7-14(9-17)11-18(10-13,12-17)26-24-6-2-4-16(21)22/h13-14H,1-12H2,(H,19,20)(H,21,22). The maximum atomic E-state index is 10.7. The molecule has 0 heterocycles. The lowest BCUT2D eigenvalue weighted by Crippen LogP contribution is -2.55. The van der Waals surface area contributed by atoms with Crippen molar-refractivity contribution in [2.45, 2.75) is 73.7 Å². The summed E-state index contributed by atoms with van der Waals surface area (Å²) in [4.78, 5) is 21.3. The molecule has 148 valence electrons. The Balaban J connectivity index is 1.48. The summed E-state index contributed by atoms with van der Waals surface area (Å²) in [5.74, 6) is 2.18. The Morgan fingerprint density at radius 3 is 1.62 bits per heavy atom. The van der Waals surface area contributed by atoms with E-state index in [0.29, 0.717) is 9.49 Å². The zero-order chi connectivity index (χ0) is 18.6. The van der Waals surface area contributed by atoms with Crippen LogP contribution in [0.2, 0.25) is 0 Å². The molecule has 0 aromatic heterocycles. The topological polar surface area (TPSA) is 74.6 Å². The second-order valence-corrected chi connectivity index (χ2v) is 13.9. The fourth-order valence-electron chi connectivity index (χ4n) is 5.19. The highest BCUT2D eigenvalue weighted by atomic mass is 33.1. The van der Waals surface area contributed by atoms with E-state index in [9.17, 15) is 9.59 Å². The summed E-state index contributed by atoms with van der Waals surface area (Å²) >= 11 is 0. The quantitative estimate of drug-likeness (QED) is 0.304. The second-order valence-electron chi connectivity index (χ2n) is 8.13. The van der Waals surface area contributed by atoms with Crippen molar-refractivity contribution in [3.05, 3.63) is 0 Å². The fourth-order valence-corrected chi connectivity index (χ4v) is 12.2. The predicted octanol–water partition coefficient (Wildman–Crippen LogP) is 5.57. The lowest BCUT2D eigenvalue weighted by Gasteiger charge is -2.61. The number of rotatable bonds is 12. The van der Waals surface area contributed by atoms with Crippen LogP contribution in [0.5, 0.6) is 0 Å². The molecule has 4 aliphatic rings. The fraction of sp³-hybridized carbons (Fsp3) is 0.889. The van der Waals surface area contributed by atoms with Gasteiger partial charge in [-0.3, -0.25) is 9.59 Å². The minimum atomic E-state index is -0.694. The van der Waals surface area contributed by atoms with Crippen molar-refractivity contribution in [1.82, 2.24) is 0 Å². The summed E-state index contributed by atoms with van der Waals surface area (Å²) in [7, 11) is 7.89. The average Bonchev–Trinajstić information content (AvgIpc) is 2.52. The monoisotopic (exact) mass is 436 g/mol. The van der Waals surface area contributed by atoms with Gasteiger partial charge in [0.05, 0.1) is 0 Å². The molecule has 0 spiro atoms. The molecule has 26 heavy (non-hydrogen) atoms. The van der Waals surface area contributed by atoms with Crippen molar-refractivity contribution < 1.29 is 19.8 Å². The van der Waals surface area contributed by atoms with Crippen LogP contribution >= 0.6 is 43.2 Å². The molecule has 4 fully saturated rings. The number of aliphatic carboxylic acids is 2. The van der Waals surface area contributed by atoms with Crippen molar-refractivity contribution in [3.63, 3.8) is 0 Å². The van der Waals surface area contributed by atoms with Crippen LogP contribution in [0.1, 0.15) is 64.2 Å². The van der Waals surface area contributed by atoms with E-state index in [1.165, 1.54) is 38.5 Å². The number of hydrogen-bond donors (Lipinski definition) is 2. The Kier molecular flexibility index (Phi) is 7.47. The van der Waals surface area contributed by atoms with Crippen molar-refractivity contribution in [2.24, 2.45) is 11.8 Å². The van der Waals surface area contributed by atoms with Crippen molar-refractivity contribution in [2.75, 3.05) is 11.5 Å². The van der Waals surface area contributed by atoms with Gasteiger partial charge in [-0.05, 0) is 63.2 Å². The van der Waals surface area contributed by atoms with E-state index in [4.69, 9.17) is 10.2 Å². The van der Waals surface area contributed by atoms with E-state index >= 15 is 0 Å². The van der Waals surface area contributed by atoms with Crippen molar-refractivity contribution in [1.29, 1.82) is 0 Å². The smallest absolute Gasteiger partial charge is 0.303 e. The predicted molar refractivity (Wildman–Crippen MR) is 114 cm³/mol. The lowest BCUT2D eigenvalue weighted by molar-refractivity contribution is -0.138. The summed E-state index contributed by atoms with van der Waals surface area (Å²) in [6, 6.07) is 0. The minimum Gasteiger partial charge on any atom is -0.481 e. The highest BCUT2D eigenvalue weighted by molar-refractivity contribution is 8.77. The van der Waals surface area contributed by atoms with Gasteiger partial charge in [0.15, 0.2) is 0 Å². The minimum absolute atomic E-state index is 0.276. The molecule has 4 aliphatic carbocycles. The molecule has 4 bridgehead atoms. The summed E-state index contributed by atoms with van der Waals surface area (Å²) in [6.45, 7) is 0. The van der Waals surface area contributed by atoms with E-state index in [1.54, 1.807) is 0 Å². The molecule has 2 N–H and O–H groups in total. The van der Waals surface area contributed by atoms with Crippen LogP contribution in [0.3, 0.4) is 0 Å². The van der Waals surface area contributed by atoms with Gasteiger partial charge in [-0.2, -0.15) is 0 Å². The van der Waals surface area contributed by atoms with Gasteiger partial charge in [-0.1, -0.05) is 43.2 Å². The Labute approximate surface area is 171 Å². The lowest BCUT2D eigenvalue weighted by atomic mass is 9.55. The maximum absolute atomic E-state index is 10.7. The van der Waals surface area contributed by atoms with Crippen LogP contribution in [0.15, 0.2) is 0 Å². The summed E-state index contributed by atoms with van der Waals surface area (Å²) in [6.07, 6.45) is 10.1. The molecule has 0 radical (unpaired) electrons. The molecule has 8 heteroatoms. The Morgan fingerprint density at radius 1 is 0.808 bits per heavy atom. The Hall–Kier alpha value is 0.340. The average molecular weight is 437 g/mol. The first-order valence-electron chi connectivity index (χ1n) is 9.45. The largest absolute Gasteiger partial charge is 0.481 e. The molecule has 0 amide bonds. The highest BCUT2D eigenvalue weighted by Crippen LogP contribution is 2.68. The molecule has 0 aliphatic heterocycles. The van der Waals surface area contributed by atoms with Crippen LogP contribution in [0.4, 0.5) is 0 Å². The van der Waals surface area contributed by atoms with Gasteiger partial charge in [0, 0.05) is 33.8 Å². The van der Waals surface area contributed by atoms with Crippen LogP contribution in [-0.2, 0) is 9.59 Å². The van der Waals surface area contributed by atoms with E-state index in [2.05, 4.69) is 21.6 Å². The first kappa shape index (κ1) is 21.1. The number of carboxylic acid groups (broad SMARTS) is 2. The van der Waals surface area contributed by atoms with Crippen LogP contribution < -0.4 is 0 Å². The molecule has 4 saturated carbocycles. The zero-order valence-corrected chi connectivity index (χ0v) is 18.2. The van der Waals surface area contributed by atoms with Gasteiger partial charge in [0.1, 0.15) is 0 Å². The van der Waals surface area contributed by atoms with E-state index in [0.717, 1.165) is 36.2 Å². The molecule has 4 rings (SSSR count). The maximum Gasteiger partial charge on any atom is 0.303 e. The van der Waals surface area contributed by atoms with Crippen LogP contribution in [0.25, 0.3) is 0 Å². The summed E-state index contributed by atoms with van der Waals surface area (Å²) in [5.41, 5.74) is 0. The SMILES string of the molecule is O=C(O)CCCSSC12CC3CC(C1)CC(SSCCCC(=O)O)(C3)C2. The van der Waals surface area contributed by atoms with Crippen LogP contribution in [0, 0.1) is 11.8 Å². The number of hydrogen-bond acceptors (Lipinski definition) is 6. The third-order valence-corrected chi connectivity index (χ3v) is 12.3. The van der Waals surface area contributed by atoms with Gasteiger partial charge in [-0.15, -0.1) is 0 Å². The number of carboxylic acids is 2. The van der Waals surface area contributed by atoms with Crippen molar-refractivity contribution in [3.8, 4) is 0 Å². The van der Waals surface area contributed by atoms with Gasteiger partial charge in [-0.25, -0.2) is 0 Å². The van der Waals surface area contributed by atoms with E-state index < -0.39 is 11.9 Å². The van der Waals surface area contributed by atoms with Crippen molar-refractivity contribution >= 4 is 55.1 Å². The van der Waals surface area contributed by atoms with E-state index in [1.807, 2.05) is 21.6 Å². The number of carbonyl (C=O) groups is 2. The molecule has 0 aromatic carbocycles. The van der Waals surface area contributed by atoms with E-state index in [-0.39, 0.29) is 12.8 Å². The zero-order valence-electron chi connectivity index (χ0n) is 15.0. The first-order chi connectivity index (χ1) is 12.4. The summed E-state index contributed by atoms with van der Waals surface area (Å²) in [5, 5.41) is 17.5. The molecule has 0 aromatic rings. The first-order valence-corrected chi connectivity index (χ1v) is 14.1. The third-order valence-electron chi connectivity index (χ3n) is 5.66. The normalized spacial score (nSPS) is 34.9. The third kappa shape index (κ3) is 5.67. The Morgan fingerprint density at radius 2 is 1.23 bits per heavy atom. The summed E-state index contributed by atoms with van der Waals surface area (Å²) < 4.78 is 0.791. The molecule has 4 nitrogen and oxygen atoms in total. The molecule has 0 saturated heterocycles. The second kappa shape index (κ2) is 9.23. The van der Waals surface area contributed by atoms with Gasteiger partial charge < -0.3 is 10.2 Å². The molecular weight excluding hydrogens is 408 g/mol. The Bertz CT molecular complexity index is 471. The highest BCUT2D eigenvalue weighted by Gasteiger charge is 2.58.